The second-order valence-corrected chi connectivity index (χ2v) is 5.75. The lowest BCUT2D eigenvalue weighted by atomic mass is 9.87. The third-order valence-electron chi connectivity index (χ3n) is 2.99. The number of hydrogen-bond donors (Lipinski definition) is 0. The zero-order valence-corrected chi connectivity index (χ0v) is 12.8. The van der Waals surface area contributed by atoms with Crippen molar-refractivity contribution in [1.29, 1.82) is 0 Å². The van der Waals surface area contributed by atoms with Crippen LogP contribution in [0.25, 0.3) is 0 Å². The highest BCUT2D eigenvalue weighted by atomic mass is 79.9. The Morgan fingerprint density at radius 2 is 1.94 bits per heavy atom. The zero-order chi connectivity index (χ0) is 13.5. The molecule has 0 radical (unpaired) electrons. The van der Waals surface area contributed by atoms with Crippen molar-refractivity contribution in [3.63, 3.8) is 0 Å². The molecule has 1 atom stereocenters. The number of Topliss-reactive ketones (excluding diaryl/α,β-unsaturated/α-hetero) is 1. The molecule has 0 aliphatic heterocycles. The smallest absolute Gasteiger partial charge is 0.140 e. The lowest BCUT2D eigenvalue weighted by molar-refractivity contribution is -0.120. The van der Waals surface area contributed by atoms with Crippen LogP contribution in [-0.2, 0) is 4.79 Å². The van der Waals surface area contributed by atoms with Crippen molar-refractivity contribution < 1.29 is 4.79 Å². The van der Waals surface area contributed by atoms with Crippen LogP contribution < -0.4 is 0 Å². The zero-order valence-electron chi connectivity index (χ0n) is 11.2. The van der Waals surface area contributed by atoms with Gasteiger partial charge in [-0.25, -0.2) is 0 Å². The number of halogens is 1. The minimum Gasteiger partial charge on any atom is -0.299 e. The van der Waals surface area contributed by atoms with Gasteiger partial charge in [-0.15, -0.1) is 6.58 Å². The molecule has 2 heteroatoms. The van der Waals surface area contributed by atoms with Gasteiger partial charge in [-0.05, 0) is 37.5 Å². The van der Waals surface area contributed by atoms with Crippen molar-refractivity contribution >= 4 is 21.7 Å². The molecule has 0 amide bonds. The van der Waals surface area contributed by atoms with E-state index >= 15 is 0 Å². The first-order valence-electron chi connectivity index (χ1n) is 6.47. The fraction of sp³-hybridized carbons (Fsp3) is 0.438. The van der Waals surface area contributed by atoms with Crippen molar-refractivity contribution in [2.45, 2.75) is 45.4 Å². The molecule has 0 N–H and O–H groups in total. The summed E-state index contributed by atoms with van der Waals surface area (Å²) in [6.45, 7) is 8.04. The van der Waals surface area contributed by atoms with Gasteiger partial charge in [0.15, 0.2) is 0 Å². The molecule has 0 aliphatic rings. The van der Waals surface area contributed by atoms with Crippen LogP contribution in [0.15, 0.2) is 40.9 Å². The van der Waals surface area contributed by atoms with E-state index in [1.54, 1.807) is 0 Å². The van der Waals surface area contributed by atoms with Crippen molar-refractivity contribution in [3.05, 3.63) is 46.5 Å². The maximum absolute atomic E-state index is 12.3. The monoisotopic (exact) mass is 308 g/mol. The first kappa shape index (κ1) is 15.2. The Bertz CT molecular complexity index is 406. The number of allylic oxidation sites excluding steroid dienone is 1. The maximum atomic E-state index is 12.3. The average molecular weight is 309 g/mol. The predicted octanol–water partition coefficient (Wildman–Crippen LogP) is 5.26. The van der Waals surface area contributed by atoms with Crippen LogP contribution >= 0.6 is 15.9 Å². The summed E-state index contributed by atoms with van der Waals surface area (Å²) in [6.07, 6.45) is 3.46. The number of carbonyl (C=O) groups is 1. The van der Waals surface area contributed by atoms with Gasteiger partial charge in [0.05, 0.1) is 0 Å². The SMILES string of the molecule is C=C(C)CC(C(=O)CCCC)c1ccc(Br)cc1. The molecule has 0 spiro atoms. The third-order valence-corrected chi connectivity index (χ3v) is 3.52. The van der Waals surface area contributed by atoms with E-state index in [0.717, 1.165) is 34.9 Å². The molecule has 1 unspecified atom stereocenters. The summed E-state index contributed by atoms with van der Waals surface area (Å²) in [4.78, 5) is 12.3. The molecular weight excluding hydrogens is 288 g/mol. The molecule has 0 saturated heterocycles. The number of carbonyl (C=O) groups excluding carboxylic acids is 1. The predicted molar refractivity (Wildman–Crippen MR) is 80.8 cm³/mol. The lowest BCUT2D eigenvalue weighted by Gasteiger charge is -2.16. The molecule has 98 valence electrons. The van der Waals surface area contributed by atoms with Crippen molar-refractivity contribution in [2.75, 3.05) is 0 Å². The van der Waals surface area contributed by atoms with Gasteiger partial charge < -0.3 is 0 Å². The number of ketones is 1. The highest BCUT2D eigenvalue weighted by molar-refractivity contribution is 9.10. The molecule has 0 aliphatic carbocycles. The summed E-state index contributed by atoms with van der Waals surface area (Å²) in [5.41, 5.74) is 2.16. The highest BCUT2D eigenvalue weighted by Gasteiger charge is 2.19. The third kappa shape index (κ3) is 4.77. The Kier molecular flexibility index (Phi) is 6.34. The summed E-state index contributed by atoms with van der Waals surface area (Å²) in [5, 5.41) is 0. The second kappa shape index (κ2) is 7.52. The van der Waals surface area contributed by atoms with Crippen molar-refractivity contribution in [2.24, 2.45) is 0 Å². The minimum atomic E-state index is -0.0258. The Labute approximate surface area is 118 Å². The normalized spacial score (nSPS) is 12.2. The van der Waals surface area contributed by atoms with E-state index in [1.807, 2.05) is 31.2 Å². The lowest BCUT2D eigenvalue weighted by Crippen LogP contribution is -2.13. The van der Waals surface area contributed by atoms with Crippen molar-refractivity contribution in [1.82, 2.24) is 0 Å². The van der Waals surface area contributed by atoms with Crippen LogP contribution in [0.4, 0.5) is 0 Å². The van der Waals surface area contributed by atoms with Crippen LogP contribution in [0.3, 0.4) is 0 Å². The number of rotatable bonds is 7. The van der Waals surface area contributed by atoms with Gasteiger partial charge in [0, 0.05) is 16.8 Å². The summed E-state index contributed by atoms with van der Waals surface area (Å²) in [6, 6.07) is 8.05. The molecule has 1 aromatic carbocycles. The Morgan fingerprint density at radius 3 is 2.44 bits per heavy atom. The van der Waals surface area contributed by atoms with Gasteiger partial charge in [0.25, 0.3) is 0 Å². The molecule has 0 fully saturated rings. The quantitative estimate of drug-likeness (QED) is 0.628. The van der Waals surface area contributed by atoms with Crippen LogP contribution in [0, 0.1) is 0 Å². The van der Waals surface area contributed by atoms with Gasteiger partial charge in [0.2, 0.25) is 0 Å². The van der Waals surface area contributed by atoms with Gasteiger partial charge in [-0.2, -0.15) is 0 Å². The average Bonchev–Trinajstić information content (AvgIpc) is 2.34. The fourth-order valence-corrected chi connectivity index (χ4v) is 2.25. The van der Waals surface area contributed by atoms with Gasteiger partial charge in [-0.1, -0.05) is 47.0 Å². The highest BCUT2D eigenvalue weighted by Crippen LogP contribution is 2.27. The van der Waals surface area contributed by atoms with E-state index in [4.69, 9.17) is 0 Å². The first-order chi connectivity index (χ1) is 8.54. The molecule has 18 heavy (non-hydrogen) atoms. The number of benzene rings is 1. The maximum Gasteiger partial charge on any atom is 0.140 e. The Balaban J connectivity index is 2.86. The van der Waals surface area contributed by atoms with E-state index in [2.05, 4.69) is 29.4 Å². The molecular formula is C16H21BrO. The van der Waals surface area contributed by atoms with Crippen molar-refractivity contribution in [3.8, 4) is 0 Å². The topological polar surface area (TPSA) is 17.1 Å². The first-order valence-corrected chi connectivity index (χ1v) is 7.26. The number of hydrogen-bond acceptors (Lipinski definition) is 1. The van der Waals surface area contributed by atoms with Crippen LogP contribution in [0.2, 0.25) is 0 Å². The van der Waals surface area contributed by atoms with Gasteiger partial charge in [0.1, 0.15) is 5.78 Å². The molecule has 1 nitrogen and oxygen atoms in total. The molecule has 0 aromatic heterocycles. The second-order valence-electron chi connectivity index (χ2n) is 4.84. The largest absolute Gasteiger partial charge is 0.299 e. The molecule has 0 heterocycles. The van der Waals surface area contributed by atoms with E-state index in [0.29, 0.717) is 12.2 Å². The summed E-state index contributed by atoms with van der Waals surface area (Å²) in [5.74, 6) is 0.310. The van der Waals surface area contributed by atoms with E-state index < -0.39 is 0 Å². The summed E-state index contributed by atoms with van der Waals surface area (Å²) >= 11 is 3.42. The molecule has 1 rings (SSSR count). The van der Waals surface area contributed by atoms with Gasteiger partial charge in [-0.3, -0.25) is 4.79 Å². The summed E-state index contributed by atoms with van der Waals surface area (Å²) < 4.78 is 1.04. The molecule has 0 saturated carbocycles. The van der Waals surface area contributed by atoms with E-state index in [-0.39, 0.29) is 5.92 Å². The van der Waals surface area contributed by atoms with E-state index in [9.17, 15) is 4.79 Å². The van der Waals surface area contributed by atoms with Crippen LogP contribution in [0.1, 0.15) is 51.0 Å². The van der Waals surface area contributed by atoms with E-state index in [1.165, 1.54) is 0 Å². The number of unbranched alkanes of at least 4 members (excludes halogenated alkanes) is 1. The Hall–Kier alpha value is -0.890. The summed E-state index contributed by atoms with van der Waals surface area (Å²) in [7, 11) is 0. The van der Waals surface area contributed by atoms with Crippen LogP contribution in [0.5, 0.6) is 0 Å². The minimum absolute atomic E-state index is 0.0258. The standard InChI is InChI=1S/C16H21BrO/c1-4-5-6-16(18)15(11-12(2)3)13-7-9-14(17)10-8-13/h7-10,15H,2,4-6,11H2,1,3H3. The Morgan fingerprint density at radius 1 is 1.33 bits per heavy atom. The van der Waals surface area contributed by atoms with Gasteiger partial charge >= 0.3 is 0 Å². The fourth-order valence-electron chi connectivity index (χ4n) is 1.99. The molecule has 0 bridgehead atoms. The van der Waals surface area contributed by atoms with Crippen LogP contribution in [-0.4, -0.2) is 5.78 Å². The molecule has 1 aromatic rings.